The molecule has 1 aromatic rings. The number of nitrogens with two attached hydrogens (primary N) is 1. The summed E-state index contributed by atoms with van der Waals surface area (Å²) in [6.45, 7) is 1.62. The molecule has 4 nitrogen and oxygen atoms in total. The molecule has 0 bridgehead atoms. The molecule has 3 N–H and O–H groups in total. The summed E-state index contributed by atoms with van der Waals surface area (Å²) in [7, 11) is 0. The molecular weight excluding hydrogens is 213 g/mol. The molecule has 0 fully saturated rings. The van der Waals surface area contributed by atoms with Gasteiger partial charge in [-0.1, -0.05) is 0 Å². The van der Waals surface area contributed by atoms with Crippen molar-refractivity contribution in [1.29, 1.82) is 0 Å². The minimum absolute atomic E-state index is 0.0514. The SMILES string of the molecule is CC(O)c1ccc(F)cc1OCCC(N)=O. The van der Waals surface area contributed by atoms with Gasteiger partial charge >= 0.3 is 0 Å². The lowest BCUT2D eigenvalue weighted by Crippen LogP contribution is -2.15. The zero-order valence-electron chi connectivity index (χ0n) is 8.94. The molecule has 0 aromatic heterocycles. The van der Waals surface area contributed by atoms with Crippen molar-refractivity contribution < 1.29 is 19.0 Å². The second kappa shape index (κ2) is 5.46. The Bertz CT molecular complexity index is 379. The van der Waals surface area contributed by atoms with Gasteiger partial charge in [0, 0.05) is 11.6 Å². The Balaban J connectivity index is 2.76. The third-order valence-corrected chi connectivity index (χ3v) is 2.03. The van der Waals surface area contributed by atoms with Crippen LogP contribution in [0, 0.1) is 5.82 Å². The number of ether oxygens (including phenoxy) is 1. The van der Waals surface area contributed by atoms with Gasteiger partial charge in [-0.2, -0.15) is 0 Å². The van der Waals surface area contributed by atoms with Crippen LogP contribution in [0.1, 0.15) is 25.0 Å². The molecule has 88 valence electrons. The fourth-order valence-electron chi connectivity index (χ4n) is 1.24. The molecule has 1 unspecified atom stereocenters. The van der Waals surface area contributed by atoms with Crippen LogP contribution in [-0.4, -0.2) is 17.6 Å². The van der Waals surface area contributed by atoms with E-state index in [0.717, 1.165) is 0 Å². The predicted molar refractivity (Wildman–Crippen MR) is 56.3 cm³/mol. The summed E-state index contributed by atoms with van der Waals surface area (Å²) in [5, 5.41) is 9.41. The van der Waals surface area contributed by atoms with Gasteiger partial charge in [0.25, 0.3) is 0 Å². The van der Waals surface area contributed by atoms with Crippen molar-refractivity contribution in [3.8, 4) is 5.75 Å². The first-order valence-electron chi connectivity index (χ1n) is 4.89. The second-order valence-corrected chi connectivity index (χ2v) is 3.42. The van der Waals surface area contributed by atoms with Crippen molar-refractivity contribution in [3.63, 3.8) is 0 Å². The van der Waals surface area contributed by atoms with E-state index in [-0.39, 0.29) is 18.8 Å². The maximum atomic E-state index is 12.9. The molecule has 5 heteroatoms. The number of benzene rings is 1. The highest BCUT2D eigenvalue weighted by Gasteiger charge is 2.10. The number of carbonyl (C=O) groups is 1. The maximum absolute atomic E-state index is 12.9. The zero-order chi connectivity index (χ0) is 12.1. The summed E-state index contributed by atoms with van der Waals surface area (Å²) in [4.78, 5) is 10.5. The number of carbonyl (C=O) groups excluding carboxylic acids is 1. The summed E-state index contributed by atoms with van der Waals surface area (Å²) in [5.74, 6) is -0.718. The van der Waals surface area contributed by atoms with Gasteiger partial charge in [0.15, 0.2) is 0 Å². The Kier molecular flexibility index (Phi) is 4.25. The summed E-state index contributed by atoms with van der Waals surface area (Å²) in [6.07, 6.45) is -0.709. The molecule has 1 atom stereocenters. The number of amides is 1. The van der Waals surface area contributed by atoms with Crippen molar-refractivity contribution >= 4 is 5.91 Å². The van der Waals surface area contributed by atoms with Crippen molar-refractivity contribution in [1.82, 2.24) is 0 Å². The Morgan fingerprint density at radius 3 is 2.88 bits per heavy atom. The number of aliphatic hydroxyl groups excluding tert-OH is 1. The van der Waals surface area contributed by atoms with Crippen LogP contribution in [0.2, 0.25) is 0 Å². The lowest BCUT2D eigenvalue weighted by Gasteiger charge is -2.12. The van der Waals surface area contributed by atoms with Crippen molar-refractivity contribution in [2.75, 3.05) is 6.61 Å². The second-order valence-electron chi connectivity index (χ2n) is 3.42. The number of hydrogen-bond donors (Lipinski definition) is 2. The standard InChI is InChI=1S/C11H14FNO3/c1-7(14)9-3-2-8(12)6-10(9)16-5-4-11(13)15/h2-3,6-7,14H,4-5H2,1H3,(H2,13,15). The first-order chi connectivity index (χ1) is 7.50. The molecule has 1 amide bonds. The number of primary amides is 1. The van der Waals surface area contributed by atoms with Crippen LogP contribution in [0.25, 0.3) is 0 Å². The molecule has 1 aromatic carbocycles. The first-order valence-corrected chi connectivity index (χ1v) is 4.89. The lowest BCUT2D eigenvalue weighted by atomic mass is 10.1. The Morgan fingerprint density at radius 1 is 1.62 bits per heavy atom. The van der Waals surface area contributed by atoms with Gasteiger partial charge in [-0.15, -0.1) is 0 Å². The minimum atomic E-state index is -0.760. The highest BCUT2D eigenvalue weighted by atomic mass is 19.1. The van der Waals surface area contributed by atoms with Crippen molar-refractivity contribution in [2.45, 2.75) is 19.4 Å². The van der Waals surface area contributed by atoms with E-state index in [1.807, 2.05) is 0 Å². The van der Waals surface area contributed by atoms with Gasteiger partial charge in [0.1, 0.15) is 11.6 Å². The average molecular weight is 227 g/mol. The van der Waals surface area contributed by atoms with Crippen molar-refractivity contribution in [3.05, 3.63) is 29.6 Å². The normalized spacial score (nSPS) is 12.2. The molecule has 1 rings (SSSR count). The average Bonchev–Trinajstić information content (AvgIpc) is 2.16. The molecular formula is C11H14FNO3. The first kappa shape index (κ1) is 12.4. The van der Waals surface area contributed by atoms with Crippen LogP contribution in [0.15, 0.2) is 18.2 Å². The molecule has 0 aliphatic heterocycles. The molecule has 0 saturated heterocycles. The molecule has 0 spiro atoms. The summed E-state index contributed by atoms with van der Waals surface area (Å²) in [6, 6.07) is 3.85. The highest BCUT2D eigenvalue weighted by Crippen LogP contribution is 2.25. The maximum Gasteiger partial charge on any atom is 0.220 e. The fourth-order valence-corrected chi connectivity index (χ4v) is 1.24. The van der Waals surface area contributed by atoms with E-state index < -0.39 is 17.8 Å². The van der Waals surface area contributed by atoms with E-state index in [0.29, 0.717) is 5.56 Å². The van der Waals surface area contributed by atoms with Gasteiger partial charge in [-0.05, 0) is 19.1 Å². The van der Waals surface area contributed by atoms with E-state index in [2.05, 4.69) is 0 Å². The number of halogens is 1. The van der Waals surface area contributed by atoms with Crippen LogP contribution < -0.4 is 10.5 Å². The van der Waals surface area contributed by atoms with Crippen LogP contribution in [-0.2, 0) is 4.79 Å². The van der Waals surface area contributed by atoms with Crippen LogP contribution in [0.3, 0.4) is 0 Å². The van der Waals surface area contributed by atoms with E-state index in [9.17, 15) is 14.3 Å². The topological polar surface area (TPSA) is 72.6 Å². The fraction of sp³-hybridized carbons (Fsp3) is 0.364. The summed E-state index contributed by atoms with van der Waals surface area (Å²) in [5.41, 5.74) is 5.42. The molecule has 16 heavy (non-hydrogen) atoms. The Labute approximate surface area is 92.8 Å². The summed E-state index contributed by atoms with van der Waals surface area (Å²) >= 11 is 0. The van der Waals surface area contributed by atoms with Gasteiger partial charge in [0.2, 0.25) is 5.91 Å². The third-order valence-electron chi connectivity index (χ3n) is 2.03. The van der Waals surface area contributed by atoms with Gasteiger partial charge in [-0.3, -0.25) is 4.79 Å². The van der Waals surface area contributed by atoms with Crippen LogP contribution >= 0.6 is 0 Å². The number of rotatable bonds is 5. The van der Waals surface area contributed by atoms with E-state index in [4.69, 9.17) is 10.5 Å². The van der Waals surface area contributed by atoms with Gasteiger partial charge < -0.3 is 15.6 Å². The van der Waals surface area contributed by atoms with Crippen molar-refractivity contribution in [2.24, 2.45) is 5.73 Å². The predicted octanol–water partition coefficient (Wildman–Crippen LogP) is 1.13. The van der Waals surface area contributed by atoms with Gasteiger partial charge in [0.05, 0.1) is 19.1 Å². The Hall–Kier alpha value is -1.62. The largest absolute Gasteiger partial charge is 0.493 e. The number of aliphatic hydroxyl groups is 1. The van der Waals surface area contributed by atoms with Crippen LogP contribution in [0.5, 0.6) is 5.75 Å². The quantitative estimate of drug-likeness (QED) is 0.792. The van der Waals surface area contributed by atoms with Crippen LogP contribution in [0.4, 0.5) is 4.39 Å². The van der Waals surface area contributed by atoms with Gasteiger partial charge in [-0.25, -0.2) is 4.39 Å². The molecule has 0 aliphatic rings. The monoisotopic (exact) mass is 227 g/mol. The Morgan fingerprint density at radius 2 is 2.31 bits per heavy atom. The van der Waals surface area contributed by atoms with E-state index in [1.165, 1.54) is 18.2 Å². The van der Waals surface area contributed by atoms with E-state index >= 15 is 0 Å². The molecule has 0 heterocycles. The smallest absolute Gasteiger partial charge is 0.220 e. The summed E-state index contributed by atoms with van der Waals surface area (Å²) < 4.78 is 18.1. The molecule has 0 aliphatic carbocycles. The molecule has 0 saturated carbocycles. The number of hydrogen-bond acceptors (Lipinski definition) is 3. The third kappa shape index (κ3) is 3.51. The van der Waals surface area contributed by atoms with E-state index in [1.54, 1.807) is 6.92 Å². The molecule has 0 radical (unpaired) electrons. The highest BCUT2D eigenvalue weighted by molar-refractivity contribution is 5.73. The zero-order valence-corrected chi connectivity index (χ0v) is 8.94. The minimum Gasteiger partial charge on any atom is -0.493 e. The lowest BCUT2D eigenvalue weighted by molar-refractivity contribution is -0.118.